The molecule has 3 heterocycles. The maximum absolute atomic E-state index is 4.63. The van der Waals surface area contributed by atoms with E-state index in [1.54, 1.807) is 6.20 Å². The van der Waals surface area contributed by atoms with Crippen molar-refractivity contribution < 1.29 is 0 Å². The molecule has 3 aromatic heterocycles. The van der Waals surface area contributed by atoms with Crippen LogP contribution in [0, 0.1) is 13.8 Å². The van der Waals surface area contributed by atoms with Gasteiger partial charge < -0.3 is 10.6 Å². The maximum Gasteiger partial charge on any atom is 0.191 e. The van der Waals surface area contributed by atoms with E-state index in [1.807, 2.05) is 68.0 Å². The fraction of sp³-hybridized carbons (Fsp3) is 0.300. The summed E-state index contributed by atoms with van der Waals surface area (Å²) in [6, 6.07) is 11.9. The van der Waals surface area contributed by atoms with Crippen molar-refractivity contribution in [3.05, 3.63) is 71.4 Å². The van der Waals surface area contributed by atoms with Gasteiger partial charge in [0.25, 0.3) is 0 Å². The number of aliphatic imine (C=N–C) groups is 1. The first-order valence-electron chi connectivity index (χ1n) is 9.06. The molecule has 8 heteroatoms. The Hall–Kier alpha value is -2.49. The van der Waals surface area contributed by atoms with Crippen LogP contribution in [0.3, 0.4) is 0 Å². The molecular formula is C20H26IN7. The zero-order chi connectivity index (χ0) is 19.1. The molecule has 0 amide bonds. The van der Waals surface area contributed by atoms with Gasteiger partial charge in [-0.3, -0.25) is 4.98 Å². The Bertz CT molecular complexity index is 889. The third-order valence-corrected chi connectivity index (χ3v) is 3.96. The summed E-state index contributed by atoms with van der Waals surface area (Å²) in [6.45, 7) is 8.01. The first-order chi connectivity index (χ1) is 13.2. The van der Waals surface area contributed by atoms with E-state index in [2.05, 4.69) is 30.7 Å². The lowest BCUT2D eigenvalue weighted by Crippen LogP contribution is -2.37. The molecule has 0 radical (unpaired) electrons. The minimum absolute atomic E-state index is 0. The van der Waals surface area contributed by atoms with Crippen molar-refractivity contribution in [1.29, 1.82) is 0 Å². The van der Waals surface area contributed by atoms with E-state index >= 15 is 0 Å². The monoisotopic (exact) mass is 491 g/mol. The van der Waals surface area contributed by atoms with Crippen LogP contribution in [0.25, 0.3) is 5.82 Å². The van der Waals surface area contributed by atoms with E-state index in [0.717, 1.165) is 41.0 Å². The molecule has 0 saturated heterocycles. The lowest BCUT2D eigenvalue weighted by atomic mass is 10.3. The second-order valence-electron chi connectivity index (χ2n) is 6.23. The minimum atomic E-state index is 0. The molecule has 7 nitrogen and oxygen atoms in total. The van der Waals surface area contributed by atoms with Crippen molar-refractivity contribution in [3.63, 3.8) is 0 Å². The number of hydrogen-bond acceptors (Lipinski definition) is 4. The fourth-order valence-electron chi connectivity index (χ4n) is 2.69. The van der Waals surface area contributed by atoms with Crippen LogP contribution in [0.15, 0.2) is 53.8 Å². The summed E-state index contributed by atoms with van der Waals surface area (Å²) < 4.78 is 1.85. The summed E-state index contributed by atoms with van der Waals surface area (Å²) >= 11 is 0. The van der Waals surface area contributed by atoms with Crippen molar-refractivity contribution in [2.24, 2.45) is 4.99 Å². The Kier molecular flexibility index (Phi) is 8.37. The highest BCUT2D eigenvalue weighted by Gasteiger charge is 2.05. The standard InChI is InChI=1S/C20H25N7.HI/c1-4-21-20(25-14-18-7-5-6-10-22-18)24-13-17-8-9-19(23-12-17)27-16(3)11-15(2)26-27;/h5-12H,4,13-14H2,1-3H3,(H2,21,24,25);1H. The van der Waals surface area contributed by atoms with Gasteiger partial charge in [0.1, 0.15) is 0 Å². The zero-order valence-corrected chi connectivity index (χ0v) is 18.7. The van der Waals surface area contributed by atoms with E-state index in [0.29, 0.717) is 13.1 Å². The molecule has 0 aromatic carbocycles. The molecule has 2 N–H and O–H groups in total. The molecule has 3 aromatic rings. The van der Waals surface area contributed by atoms with Crippen LogP contribution in [0.5, 0.6) is 0 Å². The zero-order valence-electron chi connectivity index (χ0n) is 16.4. The number of halogens is 1. The van der Waals surface area contributed by atoms with E-state index in [1.165, 1.54) is 0 Å². The number of nitrogens with zero attached hydrogens (tertiary/aromatic N) is 5. The quantitative estimate of drug-likeness (QED) is 0.315. The van der Waals surface area contributed by atoms with Crippen molar-refractivity contribution >= 4 is 29.9 Å². The highest BCUT2D eigenvalue weighted by atomic mass is 127. The molecule has 3 rings (SSSR count). The van der Waals surface area contributed by atoms with E-state index in [9.17, 15) is 0 Å². The van der Waals surface area contributed by atoms with Crippen LogP contribution >= 0.6 is 24.0 Å². The number of pyridine rings is 2. The summed E-state index contributed by atoms with van der Waals surface area (Å²) in [6.07, 6.45) is 3.63. The number of hydrogen-bond donors (Lipinski definition) is 2. The maximum atomic E-state index is 4.63. The smallest absolute Gasteiger partial charge is 0.191 e. The number of aryl methyl sites for hydroxylation is 2. The van der Waals surface area contributed by atoms with Crippen LogP contribution in [0.1, 0.15) is 29.6 Å². The molecule has 28 heavy (non-hydrogen) atoms. The molecule has 0 saturated carbocycles. The molecule has 0 fully saturated rings. The van der Waals surface area contributed by atoms with E-state index < -0.39 is 0 Å². The molecule has 0 spiro atoms. The molecule has 0 aliphatic carbocycles. The second-order valence-corrected chi connectivity index (χ2v) is 6.23. The summed E-state index contributed by atoms with van der Waals surface area (Å²) in [5.74, 6) is 1.57. The van der Waals surface area contributed by atoms with Crippen LogP contribution < -0.4 is 10.6 Å². The van der Waals surface area contributed by atoms with Gasteiger partial charge in [0.15, 0.2) is 11.8 Å². The topological polar surface area (TPSA) is 80.0 Å². The first kappa shape index (κ1) is 21.8. The Balaban J connectivity index is 0.00000280. The van der Waals surface area contributed by atoms with Crippen molar-refractivity contribution in [2.45, 2.75) is 33.9 Å². The van der Waals surface area contributed by atoms with Gasteiger partial charge in [-0.25, -0.2) is 14.7 Å². The molecular weight excluding hydrogens is 465 g/mol. The van der Waals surface area contributed by atoms with Gasteiger partial charge in [0, 0.05) is 24.6 Å². The number of guanidine groups is 1. The average Bonchev–Trinajstić information content (AvgIpc) is 3.03. The fourth-order valence-corrected chi connectivity index (χ4v) is 2.69. The number of nitrogens with one attached hydrogen (secondary N) is 2. The highest BCUT2D eigenvalue weighted by molar-refractivity contribution is 14.0. The third-order valence-electron chi connectivity index (χ3n) is 3.96. The SMILES string of the molecule is CCNC(=NCc1ccc(-n2nc(C)cc2C)nc1)NCc1ccccn1.I. The number of rotatable bonds is 6. The largest absolute Gasteiger partial charge is 0.357 e. The molecule has 0 aliphatic heterocycles. The number of aromatic nitrogens is 4. The second kappa shape index (κ2) is 10.7. The van der Waals surface area contributed by atoms with Crippen molar-refractivity contribution in [3.8, 4) is 5.82 Å². The van der Waals surface area contributed by atoms with Crippen LogP contribution in [-0.2, 0) is 13.1 Å². The van der Waals surface area contributed by atoms with Gasteiger partial charge in [0.05, 0.1) is 24.5 Å². The minimum Gasteiger partial charge on any atom is -0.357 e. The summed E-state index contributed by atoms with van der Waals surface area (Å²) in [7, 11) is 0. The van der Waals surface area contributed by atoms with Crippen molar-refractivity contribution in [1.82, 2.24) is 30.4 Å². The lowest BCUT2D eigenvalue weighted by molar-refractivity contribution is 0.794. The van der Waals surface area contributed by atoms with Gasteiger partial charge in [0.2, 0.25) is 0 Å². The lowest BCUT2D eigenvalue weighted by Gasteiger charge is -2.11. The van der Waals surface area contributed by atoms with Crippen LogP contribution in [0.2, 0.25) is 0 Å². The first-order valence-corrected chi connectivity index (χ1v) is 9.06. The Labute approximate surface area is 182 Å². The summed E-state index contributed by atoms with van der Waals surface area (Å²) in [5.41, 5.74) is 4.06. The third kappa shape index (κ3) is 6.01. The van der Waals surface area contributed by atoms with Crippen LogP contribution in [-0.4, -0.2) is 32.3 Å². The van der Waals surface area contributed by atoms with Gasteiger partial charge in [-0.1, -0.05) is 12.1 Å². The Morgan fingerprint density at radius 3 is 2.57 bits per heavy atom. The summed E-state index contributed by atoms with van der Waals surface area (Å²) in [5, 5.41) is 11.0. The van der Waals surface area contributed by atoms with Gasteiger partial charge in [-0.15, -0.1) is 24.0 Å². The molecule has 0 bridgehead atoms. The summed E-state index contributed by atoms with van der Waals surface area (Å²) in [4.78, 5) is 13.5. The Morgan fingerprint density at radius 2 is 1.96 bits per heavy atom. The normalized spacial score (nSPS) is 11.0. The highest BCUT2D eigenvalue weighted by Crippen LogP contribution is 2.10. The van der Waals surface area contributed by atoms with E-state index in [-0.39, 0.29) is 24.0 Å². The van der Waals surface area contributed by atoms with E-state index in [4.69, 9.17) is 0 Å². The predicted octanol–water partition coefficient (Wildman–Crippen LogP) is 3.15. The van der Waals surface area contributed by atoms with Gasteiger partial charge in [-0.2, -0.15) is 5.10 Å². The predicted molar refractivity (Wildman–Crippen MR) is 122 cm³/mol. The Morgan fingerprint density at radius 1 is 1.11 bits per heavy atom. The molecule has 0 aliphatic rings. The molecule has 148 valence electrons. The van der Waals surface area contributed by atoms with Gasteiger partial charge in [-0.05, 0) is 50.6 Å². The van der Waals surface area contributed by atoms with Crippen molar-refractivity contribution in [2.75, 3.05) is 6.54 Å². The van der Waals surface area contributed by atoms with Crippen LogP contribution in [0.4, 0.5) is 0 Å². The van der Waals surface area contributed by atoms with Gasteiger partial charge >= 0.3 is 0 Å². The molecule has 0 atom stereocenters. The average molecular weight is 491 g/mol. The molecule has 0 unspecified atom stereocenters.